The zero-order valence-corrected chi connectivity index (χ0v) is 23.2. The number of anilines is 3. The normalized spacial score (nSPS) is 23.0. The van der Waals surface area contributed by atoms with Crippen LogP contribution in [0.2, 0.25) is 0 Å². The zero-order valence-electron chi connectivity index (χ0n) is 23.2. The Morgan fingerprint density at radius 3 is 2.36 bits per heavy atom. The zero-order chi connectivity index (χ0) is 27.4. The predicted molar refractivity (Wildman–Crippen MR) is 153 cm³/mol. The van der Waals surface area contributed by atoms with Crippen LogP contribution in [0, 0.1) is 0 Å². The summed E-state index contributed by atoms with van der Waals surface area (Å²) >= 11 is 0. The summed E-state index contributed by atoms with van der Waals surface area (Å²) in [4.78, 5) is 38.0. The van der Waals surface area contributed by atoms with E-state index in [1.807, 2.05) is 12.1 Å². The third-order valence-electron chi connectivity index (χ3n) is 8.83. The summed E-state index contributed by atoms with van der Waals surface area (Å²) in [7, 11) is 1.61. The molecule has 1 aromatic carbocycles. The highest BCUT2D eigenvalue weighted by molar-refractivity contribution is 5.96. The number of primary amides is 1. The molecule has 0 radical (unpaired) electrons. The molecule has 5 N–H and O–H groups in total. The molecule has 210 valence electrons. The van der Waals surface area contributed by atoms with E-state index >= 15 is 0 Å². The highest BCUT2D eigenvalue weighted by Crippen LogP contribution is 2.33. The number of carbonyl (C=O) groups excluding carboxylic acids is 2. The quantitative estimate of drug-likeness (QED) is 0.426. The van der Waals surface area contributed by atoms with E-state index in [9.17, 15) is 9.59 Å². The van der Waals surface area contributed by atoms with E-state index in [1.165, 1.54) is 57.2 Å². The van der Waals surface area contributed by atoms with Crippen molar-refractivity contribution < 1.29 is 9.59 Å². The second kappa shape index (κ2) is 12.2. The molecule has 1 saturated carbocycles. The SMILES string of the molecule is CNC(=O)NC1CCCN(c2cnc(C(N)=O)c(Nc3ccc(C4CCN(C5CCCC5)CC4)cc3)n2)C1C. The lowest BCUT2D eigenvalue weighted by Gasteiger charge is -2.40. The summed E-state index contributed by atoms with van der Waals surface area (Å²) < 4.78 is 0. The maximum Gasteiger partial charge on any atom is 0.314 e. The largest absolute Gasteiger partial charge is 0.364 e. The number of hydrogen-bond acceptors (Lipinski definition) is 7. The molecule has 2 unspecified atom stereocenters. The van der Waals surface area contributed by atoms with Crippen LogP contribution in [0.4, 0.5) is 22.1 Å². The molecule has 2 aromatic rings. The molecule has 0 bridgehead atoms. The molecular weight excluding hydrogens is 492 g/mol. The van der Waals surface area contributed by atoms with Crippen molar-refractivity contribution in [2.24, 2.45) is 5.73 Å². The maximum atomic E-state index is 12.2. The van der Waals surface area contributed by atoms with Crippen molar-refractivity contribution in [2.45, 2.75) is 82.3 Å². The number of likely N-dealkylation sites (tertiary alicyclic amines) is 1. The summed E-state index contributed by atoms with van der Waals surface area (Å²) in [6, 6.07) is 9.05. The van der Waals surface area contributed by atoms with Crippen LogP contribution in [0.1, 0.15) is 80.3 Å². The fourth-order valence-corrected chi connectivity index (χ4v) is 6.53. The highest BCUT2D eigenvalue weighted by Gasteiger charge is 2.31. The molecule has 1 aliphatic carbocycles. The van der Waals surface area contributed by atoms with Gasteiger partial charge in [0.1, 0.15) is 5.82 Å². The minimum Gasteiger partial charge on any atom is -0.364 e. The number of amides is 3. The standard InChI is InChI=1S/C29H42N8O2/c1-19-24(34-29(39)31-2)8-5-15-37(19)25-18-32-26(27(30)38)28(35-25)33-22-11-9-20(10-12-22)21-13-16-36(17-14-21)23-6-3-4-7-23/h9-12,18-19,21,23-24H,3-8,13-17H2,1-2H3,(H2,30,38)(H,33,35)(H2,31,34,39). The van der Waals surface area contributed by atoms with E-state index < -0.39 is 5.91 Å². The Labute approximate surface area is 231 Å². The van der Waals surface area contributed by atoms with Crippen molar-refractivity contribution in [2.75, 3.05) is 36.9 Å². The van der Waals surface area contributed by atoms with E-state index in [1.54, 1.807) is 13.2 Å². The number of hydrogen-bond donors (Lipinski definition) is 4. The van der Waals surface area contributed by atoms with E-state index in [0.717, 1.165) is 31.1 Å². The summed E-state index contributed by atoms with van der Waals surface area (Å²) in [6.45, 7) is 5.22. The average Bonchev–Trinajstić information content (AvgIpc) is 3.50. The van der Waals surface area contributed by atoms with Crippen LogP contribution in [-0.2, 0) is 0 Å². The first-order chi connectivity index (χ1) is 18.9. The third-order valence-corrected chi connectivity index (χ3v) is 8.83. The minimum absolute atomic E-state index is 0.0111. The van der Waals surface area contributed by atoms with Gasteiger partial charge in [-0.3, -0.25) is 4.79 Å². The Kier molecular flexibility index (Phi) is 8.50. The fraction of sp³-hybridized carbons (Fsp3) is 0.586. The smallest absolute Gasteiger partial charge is 0.314 e. The van der Waals surface area contributed by atoms with Crippen LogP contribution in [-0.4, -0.2) is 71.6 Å². The Hall–Kier alpha value is -3.40. The molecule has 5 rings (SSSR count). The molecule has 3 heterocycles. The molecule has 10 heteroatoms. The van der Waals surface area contributed by atoms with Gasteiger partial charge in [-0.15, -0.1) is 0 Å². The van der Waals surface area contributed by atoms with Crippen molar-refractivity contribution in [1.82, 2.24) is 25.5 Å². The van der Waals surface area contributed by atoms with Gasteiger partial charge in [0.05, 0.1) is 12.2 Å². The van der Waals surface area contributed by atoms with E-state index in [2.05, 4.69) is 49.8 Å². The summed E-state index contributed by atoms with van der Waals surface area (Å²) in [5.41, 5.74) is 7.94. The van der Waals surface area contributed by atoms with Gasteiger partial charge in [-0.05, 0) is 82.2 Å². The number of urea groups is 1. The molecule has 2 atom stereocenters. The summed E-state index contributed by atoms with van der Waals surface area (Å²) in [5, 5.41) is 8.93. The lowest BCUT2D eigenvalue weighted by Crippen LogP contribution is -2.55. The van der Waals surface area contributed by atoms with Crippen molar-refractivity contribution in [3.8, 4) is 0 Å². The first-order valence-corrected chi connectivity index (χ1v) is 14.5. The summed E-state index contributed by atoms with van der Waals surface area (Å²) in [6.07, 6.45) is 11.3. The van der Waals surface area contributed by atoms with Crippen LogP contribution >= 0.6 is 0 Å². The molecule has 3 fully saturated rings. The van der Waals surface area contributed by atoms with Gasteiger partial charge in [-0.1, -0.05) is 25.0 Å². The molecule has 10 nitrogen and oxygen atoms in total. The Morgan fingerprint density at radius 1 is 0.974 bits per heavy atom. The van der Waals surface area contributed by atoms with Crippen molar-refractivity contribution in [3.05, 3.63) is 41.7 Å². The van der Waals surface area contributed by atoms with Gasteiger partial charge in [-0.25, -0.2) is 14.8 Å². The number of nitrogens with one attached hydrogen (secondary N) is 3. The van der Waals surface area contributed by atoms with Gasteiger partial charge in [0.15, 0.2) is 11.5 Å². The van der Waals surface area contributed by atoms with Gasteiger partial charge in [0.2, 0.25) is 0 Å². The minimum atomic E-state index is -0.631. The van der Waals surface area contributed by atoms with Crippen molar-refractivity contribution in [3.63, 3.8) is 0 Å². The van der Waals surface area contributed by atoms with Gasteiger partial charge in [-0.2, -0.15) is 0 Å². The number of aromatic nitrogens is 2. The molecule has 0 spiro atoms. The topological polar surface area (TPSA) is 129 Å². The Balaban J connectivity index is 1.27. The third kappa shape index (κ3) is 6.27. The Morgan fingerprint density at radius 2 is 1.69 bits per heavy atom. The number of benzene rings is 1. The predicted octanol–water partition coefficient (Wildman–Crippen LogP) is 3.73. The summed E-state index contributed by atoms with van der Waals surface area (Å²) in [5.74, 6) is 0.932. The van der Waals surface area contributed by atoms with Gasteiger partial charge in [0.25, 0.3) is 5.91 Å². The van der Waals surface area contributed by atoms with Gasteiger partial charge >= 0.3 is 6.03 Å². The van der Waals surface area contributed by atoms with Crippen LogP contribution in [0.25, 0.3) is 0 Å². The number of rotatable bonds is 7. The lowest BCUT2D eigenvalue weighted by molar-refractivity contribution is 0.0996. The number of piperidine rings is 2. The van der Waals surface area contributed by atoms with Crippen molar-refractivity contribution >= 4 is 29.3 Å². The Bertz CT molecular complexity index is 1140. The first-order valence-electron chi connectivity index (χ1n) is 14.5. The number of nitrogens with two attached hydrogens (primary N) is 1. The monoisotopic (exact) mass is 534 g/mol. The van der Waals surface area contributed by atoms with Gasteiger partial charge in [0, 0.05) is 31.4 Å². The van der Waals surface area contributed by atoms with E-state index in [-0.39, 0.29) is 23.8 Å². The maximum absolute atomic E-state index is 12.2. The average molecular weight is 535 g/mol. The molecule has 2 saturated heterocycles. The van der Waals surface area contributed by atoms with E-state index in [4.69, 9.17) is 10.7 Å². The fourth-order valence-electron chi connectivity index (χ4n) is 6.53. The molecular formula is C29H42N8O2. The highest BCUT2D eigenvalue weighted by atomic mass is 16.2. The second-order valence-electron chi connectivity index (χ2n) is 11.2. The van der Waals surface area contributed by atoms with Crippen LogP contribution in [0.15, 0.2) is 30.5 Å². The first kappa shape index (κ1) is 27.2. The molecule has 3 aliphatic rings. The van der Waals surface area contributed by atoms with Crippen molar-refractivity contribution in [1.29, 1.82) is 0 Å². The molecule has 3 amide bonds. The number of nitrogens with zero attached hydrogens (tertiary/aromatic N) is 4. The molecule has 1 aromatic heterocycles. The lowest BCUT2D eigenvalue weighted by atomic mass is 9.88. The molecule has 2 aliphatic heterocycles. The number of carbonyl (C=O) groups is 2. The van der Waals surface area contributed by atoms with Crippen LogP contribution in [0.5, 0.6) is 0 Å². The van der Waals surface area contributed by atoms with E-state index in [0.29, 0.717) is 17.6 Å². The molecule has 39 heavy (non-hydrogen) atoms. The second-order valence-corrected chi connectivity index (χ2v) is 11.2. The van der Waals surface area contributed by atoms with Crippen LogP contribution in [0.3, 0.4) is 0 Å². The van der Waals surface area contributed by atoms with Gasteiger partial charge < -0.3 is 31.5 Å². The van der Waals surface area contributed by atoms with Crippen LogP contribution < -0.4 is 26.6 Å².